The molecule has 0 saturated heterocycles. The zero-order chi connectivity index (χ0) is 13.8. The van der Waals surface area contributed by atoms with Gasteiger partial charge in [0.15, 0.2) is 0 Å². The van der Waals surface area contributed by atoms with E-state index in [1.54, 1.807) is 36.4 Å². The van der Waals surface area contributed by atoms with E-state index in [1.165, 1.54) is 12.3 Å². The van der Waals surface area contributed by atoms with Crippen LogP contribution in [0.15, 0.2) is 47.5 Å². The molecule has 0 amide bonds. The Hall–Kier alpha value is -1.84. The smallest absolute Gasteiger partial charge is 0.337 e. The Morgan fingerprint density at radius 2 is 1.84 bits per heavy atom. The summed E-state index contributed by atoms with van der Waals surface area (Å²) in [5.74, 6) is -1.02. The molecule has 2 aromatic carbocycles. The van der Waals surface area contributed by atoms with Gasteiger partial charge in [-0.2, -0.15) is 0 Å². The standard InChI is InChI=1S/C14H9Cl2NO2/c15-11-6-3-4-9(13(11)16)8-17-12-7-2-1-5-10(12)14(18)19/h1-8H,(H,18,19)/b17-8+. The maximum absolute atomic E-state index is 11.0. The van der Waals surface area contributed by atoms with E-state index in [0.29, 0.717) is 21.3 Å². The second-order valence-electron chi connectivity index (χ2n) is 3.72. The van der Waals surface area contributed by atoms with Crippen molar-refractivity contribution in [3.63, 3.8) is 0 Å². The highest BCUT2D eigenvalue weighted by atomic mass is 35.5. The fraction of sp³-hybridized carbons (Fsp3) is 0. The lowest BCUT2D eigenvalue weighted by Crippen LogP contribution is -1.96. The van der Waals surface area contributed by atoms with Gasteiger partial charge in [0, 0.05) is 11.8 Å². The predicted octanol–water partition coefficient (Wildman–Crippen LogP) is 4.44. The summed E-state index contributed by atoms with van der Waals surface area (Å²) in [5, 5.41) is 9.86. The number of aromatic carboxylic acids is 1. The number of carbonyl (C=O) groups is 1. The van der Waals surface area contributed by atoms with Crippen LogP contribution in [0.5, 0.6) is 0 Å². The Balaban J connectivity index is 2.38. The normalized spacial score (nSPS) is 10.8. The molecule has 0 radical (unpaired) electrons. The van der Waals surface area contributed by atoms with Crippen LogP contribution in [0.1, 0.15) is 15.9 Å². The molecule has 0 heterocycles. The molecule has 2 rings (SSSR count). The number of carboxylic acid groups (broad SMARTS) is 1. The van der Waals surface area contributed by atoms with E-state index in [-0.39, 0.29) is 5.56 Å². The highest BCUT2D eigenvalue weighted by Gasteiger charge is 2.07. The molecule has 0 saturated carbocycles. The zero-order valence-electron chi connectivity index (χ0n) is 9.68. The molecule has 2 aromatic rings. The third-order valence-corrected chi connectivity index (χ3v) is 3.29. The van der Waals surface area contributed by atoms with Crippen molar-refractivity contribution in [2.24, 2.45) is 4.99 Å². The van der Waals surface area contributed by atoms with Crippen molar-refractivity contribution < 1.29 is 9.90 Å². The SMILES string of the molecule is O=C(O)c1ccccc1/N=C/c1cccc(Cl)c1Cl. The van der Waals surface area contributed by atoms with E-state index in [2.05, 4.69) is 4.99 Å². The molecule has 0 aliphatic carbocycles. The minimum Gasteiger partial charge on any atom is -0.478 e. The number of benzene rings is 2. The van der Waals surface area contributed by atoms with E-state index in [1.807, 2.05) is 0 Å². The first-order valence-electron chi connectivity index (χ1n) is 5.40. The number of para-hydroxylation sites is 1. The second-order valence-corrected chi connectivity index (χ2v) is 4.51. The van der Waals surface area contributed by atoms with Crippen LogP contribution in [0.25, 0.3) is 0 Å². The molecular formula is C14H9Cl2NO2. The Morgan fingerprint density at radius 1 is 1.11 bits per heavy atom. The summed E-state index contributed by atoms with van der Waals surface area (Å²) in [6.45, 7) is 0. The number of carboxylic acids is 1. The molecule has 19 heavy (non-hydrogen) atoms. The van der Waals surface area contributed by atoms with E-state index in [9.17, 15) is 4.79 Å². The van der Waals surface area contributed by atoms with Gasteiger partial charge in [0.25, 0.3) is 0 Å². The van der Waals surface area contributed by atoms with Crippen molar-refractivity contribution in [3.8, 4) is 0 Å². The summed E-state index contributed by atoms with van der Waals surface area (Å²) >= 11 is 11.9. The van der Waals surface area contributed by atoms with Gasteiger partial charge in [-0.05, 0) is 18.2 Å². The van der Waals surface area contributed by atoms with Gasteiger partial charge >= 0.3 is 5.97 Å². The van der Waals surface area contributed by atoms with Crippen LogP contribution >= 0.6 is 23.2 Å². The van der Waals surface area contributed by atoms with Gasteiger partial charge in [0.05, 0.1) is 21.3 Å². The van der Waals surface area contributed by atoms with Crippen LogP contribution in [0, 0.1) is 0 Å². The molecule has 0 spiro atoms. The number of aliphatic imine (C=N–C) groups is 1. The number of halogens is 2. The molecule has 0 atom stereocenters. The minimum atomic E-state index is -1.02. The third-order valence-electron chi connectivity index (χ3n) is 2.46. The molecule has 1 N–H and O–H groups in total. The van der Waals surface area contributed by atoms with Crippen molar-refractivity contribution in [3.05, 3.63) is 63.6 Å². The van der Waals surface area contributed by atoms with Gasteiger partial charge in [0.2, 0.25) is 0 Å². The molecule has 0 aromatic heterocycles. The summed E-state index contributed by atoms with van der Waals surface area (Å²) in [7, 11) is 0. The van der Waals surface area contributed by atoms with Crippen molar-refractivity contribution >= 4 is 41.1 Å². The first-order chi connectivity index (χ1) is 9.09. The monoisotopic (exact) mass is 293 g/mol. The topological polar surface area (TPSA) is 49.7 Å². The molecule has 0 aliphatic rings. The fourth-order valence-electron chi connectivity index (χ4n) is 1.53. The Labute approximate surface area is 120 Å². The maximum atomic E-state index is 11.0. The van der Waals surface area contributed by atoms with Crippen molar-refractivity contribution in [2.75, 3.05) is 0 Å². The van der Waals surface area contributed by atoms with Crippen LogP contribution in [0.3, 0.4) is 0 Å². The first-order valence-corrected chi connectivity index (χ1v) is 6.15. The van der Waals surface area contributed by atoms with Gasteiger partial charge in [-0.25, -0.2) is 4.79 Å². The van der Waals surface area contributed by atoms with E-state index >= 15 is 0 Å². The molecule has 5 heteroatoms. The van der Waals surface area contributed by atoms with E-state index in [4.69, 9.17) is 28.3 Å². The molecule has 0 aliphatic heterocycles. The van der Waals surface area contributed by atoms with Crippen LogP contribution in [0.2, 0.25) is 10.0 Å². The van der Waals surface area contributed by atoms with Crippen molar-refractivity contribution in [1.29, 1.82) is 0 Å². The Kier molecular flexibility index (Phi) is 4.20. The lowest BCUT2D eigenvalue weighted by atomic mass is 10.2. The predicted molar refractivity (Wildman–Crippen MR) is 77.1 cm³/mol. The van der Waals surface area contributed by atoms with Crippen LogP contribution in [0.4, 0.5) is 5.69 Å². The number of nitrogens with zero attached hydrogens (tertiary/aromatic N) is 1. The largest absolute Gasteiger partial charge is 0.478 e. The van der Waals surface area contributed by atoms with Gasteiger partial charge in [-0.3, -0.25) is 4.99 Å². The second kappa shape index (κ2) is 5.87. The summed E-state index contributed by atoms with van der Waals surface area (Å²) < 4.78 is 0. The average Bonchev–Trinajstić information content (AvgIpc) is 2.40. The minimum absolute atomic E-state index is 0.136. The van der Waals surface area contributed by atoms with E-state index < -0.39 is 5.97 Å². The van der Waals surface area contributed by atoms with Crippen molar-refractivity contribution in [2.45, 2.75) is 0 Å². The van der Waals surface area contributed by atoms with Crippen LogP contribution < -0.4 is 0 Å². The number of hydrogen-bond acceptors (Lipinski definition) is 2. The summed E-state index contributed by atoms with van der Waals surface area (Å²) in [6.07, 6.45) is 1.50. The lowest BCUT2D eigenvalue weighted by molar-refractivity contribution is 0.0698. The van der Waals surface area contributed by atoms with Gasteiger partial charge < -0.3 is 5.11 Å². The maximum Gasteiger partial charge on any atom is 0.337 e. The summed E-state index contributed by atoms with van der Waals surface area (Å²) in [5.41, 5.74) is 1.14. The van der Waals surface area contributed by atoms with Crippen LogP contribution in [-0.2, 0) is 0 Å². The molecule has 0 bridgehead atoms. The molecule has 3 nitrogen and oxygen atoms in total. The third kappa shape index (κ3) is 3.13. The van der Waals surface area contributed by atoms with Gasteiger partial charge in [-0.15, -0.1) is 0 Å². The number of hydrogen-bond donors (Lipinski definition) is 1. The summed E-state index contributed by atoms with van der Waals surface area (Å²) in [4.78, 5) is 15.2. The fourth-order valence-corrected chi connectivity index (χ4v) is 1.88. The van der Waals surface area contributed by atoms with Gasteiger partial charge in [0.1, 0.15) is 0 Å². The number of rotatable bonds is 3. The molecule has 0 unspecified atom stereocenters. The highest BCUT2D eigenvalue weighted by Crippen LogP contribution is 2.25. The average molecular weight is 294 g/mol. The molecule has 0 fully saturated rings. The Bertz CT molecular complexity index is 654. The quantitative estimate of drug-likeness (QED) is 0.851. The van der Waals surface area contributed by atoms with Gasteiger partial charge in [-0.1, -0.05) is 47.5 Å². The summed E-state index contributed by atoms with van der Waals surface area (Å²) in [6, 6.07) is 11.7. The molecule has 96 valence electrons. The van der Waals surface area contributed by atoms with Crippen LogP contribution in [-0.4, -0.2) is 17.3 Å². The highest BCUT2D eigenvalue weighted by molar-refractivity contribution is 6.43. The van der Waals surface area contributed by atoms with E-state index in [0.717, 1.165) is 0 Å². The first kappa shape index (κ1) is 13.6. The molecular weight excluding hydrogens is 285 g/mol. The van der Waals surface area contributed by atoms with Crippen molar-refractivity contribution in [1.82, 2.24) is 0 Å². The zero-order valence-corrected chi connectivity index (χ0v) is 11.2. The Morgan fingerprint density at radius 3 is 2.58 bits per heavy atom. The lowest BCUT2D eigenvalue weighted by Gasteiger charge is -2.01.